The molecule has 2 heterocycles. The monoisotopic (exact) mass is 288 g/mol. The third-order valence-electron chi connectivity index (χ3n) is 3.42. The summed E-state index contributed by atoms with van der Waals surface area (Å²) < 4.78 is 1.85. The highest BCUT2D eigenvalue weighted by Gasteiger charge is 2.25. The van der Waals surface area contributed by atoms with Gasteiger partial charge >= 0.3 is 0 Å². The molecule has 0 saturated heterocycles. The lowest BCUT2D eigenvalue weighted by Gasteiger charge is -2.20. The van der Waals surface area contributed by atoms with Crippen LogP contribution >= 0.6 is 0 Å². The van der Waals surface area contributed by atoms with E-state index in [1.54, 1.807) is 7.05 Å². The molecule has 0 aromatic carbocycles. The fraction of sp³-hybridized carbons (Fsp3) is 0.400. The summed E-state index contributed by atoms with van der Waals surface area (Å²) in [5.41, 5.74) is 1.06. The van der Waals surface area contributed by atoms with Gasteiger partial charge in [-0.1, -0.05) is 19.9 Å². The Kier molecular flexibility index (Phi) is 4.26. The van der Waals surface area contributed by atoms with Crippen molar-refractivity contribution in [2.24, 2.45) is 5.92 Å². The molecule has 2 aromatic rings. The number of nitrogens with zero attached hydrogens (tertiary/aromatic N) is 2. The van der Waals surface area contributed by atoms with E-state index in [0.29, 0.717) is 5.69 Å². The highest BCUT2D eigenvalue weighted by atomic mass is 16.2. The Labute approximate surface area is 123 Å². The zero-order valence-corrected chi connectivity index (χ0v) is 12.7. The standard InChI is InChI=1S/C15H20N4O2/c1-9(2)12(14(20)16-4)18-15(21)13-11-7-5-6-8-19(11)10(3)17-13/h5-9,12H,1-4H3,(H,16,20)(H,18,21)/t12-/m0/s1. The molecule has 0 fully saturated rings. The second-order valence-corrected chi connectivity index (χ2v) is 5.27. The van der Waals surface area contributed by atoms with Crippen molar-refractivity contribution in [3.8, 4) is 0 Å². The molecule has 0 spiro atoms. The molecule has 2 amide bonds. The highest BCUT2D eigenvalue weighted by Crippen LogP contribution is 2.13. The van der Waals surface area contributed by atoms with E-state index in [1.807, 2.05) is 49.6 Å². The summed E-state index contributed by atoms with van der Waals surface area (Å²) in [6, 6.07) is 4.99. The van der Waals surface area contributed by atoms with Crippen molar-refractivity contribution in [3.63, 3.8) is 0 Å². The van der Waals surface area contributed by atoms with E-state index in [4.69, 9.17) is 0 Å². The number of likely N-dealkylation sites (N-methyl/N-ethyl adjacent to an activating group) is 1. The van der Waals surface area contributed by atoms with E-state index in [-0.39, 0.29) is 17.7 Å². The first-order valence-electron chi connectivity index (χ1n) is 6.91. The first-order valence-corrected chi connectivity index (χ1v) is 6.91. The number of fused-ring (bicyclic) bond motifs is 1. The molecule has 1 atom stereocenters. The average Bonchev–Trinajstić information content (AvgIpc) is 2.81. The van der Waals surface area contributed by atoms with Gasteiger partial charge in [0.2, 0.25) is 5.91 Å². The van der Waals surface area contributed by atoms with Crippen LogP contribution < -0.4 is 10.6 Å². The van der Waals surface area contributed by atoms with Crippen molar-refractivity contribution in [1.29, 1.82) is 0 Å². The van der Waals surface area contributed by atoms with Crippen molar-refractivity contribution in [2.45, 2.75) is 26.8 Å². The maximum absolute atomic E-state index is 12.4. The number of amides is 2. The van der Waals surface area contributed by atoms with E-state index < -0.39 is 6.04 Å². The molecule has 0 aliphatic heterocycles. The number of aromatic nitrogens is 2. The number of carbonyl (C=O) groups is 2. The van der Waals surface area contributed by atoms with E-state index in [1.165, 1.54) is 0 Å². The van der Waals surface area contributed by atoms with Crippen LogP contribution in [0.3, 0.4) is 0 Å². The van der Waals surface area contributed by atoms with E-state index >= 15 is 0 Å². The highest BCUT2D eigenvalue weighted by molar-refractivity contribution is 6.01. The Morgan fingerprint density at radius 3 is 2.62 bits per heavy atom. The van der Waals surface area contributed by atoms with Gasteiger partial charge < -0.3 is 15.0 Å². The van der Waals surface area contributed by atoms with Crippen LogP contribution in [-0.2, 0) is 4.79 Å². The van der Waals surface area contributed by atoms with Gasteiger partial charge in [0.25, 0.3) is 5.91 Å². The van der Waals surface area contributed by atoms with Gasteiger partial charge in [-0.15, -0.1) is 0 Å². The molecule has 2 aromatic heterocycles. The predicted molar refractivity (Wildman–Crippen MR) is 80.1 cm³/mol. The second kappa shape index (κ2) is 5.95. The van der Waals surface area contributed by atoms with Crippen molar-refractivity contribution >= 4 is 17.3 Å². The molecule has 0 unspecified atom stereocenters. The Balaban J connectivity index is 2.32. The number of hydrogen-bond donors (Lipinski definition) is 2. The fourth-order valence-electron chi connectivity index (χ4n) is 2.26. The largest absolute Gasteiger partial charge is 0.357 e. The molecule has 0 aliphatic carbocycles. The number of nitrogens with one attached hydrogen (secondary N) is 2. The van der Waals surface area contributed by atoms with Gasteiger partial charge in [-0.25, -0.2) is 4.98 Å². The molecule has 0 saturated carbocycles. The van der Waals surface area contributed by atoms with Gasteiger partial charge in [0, 0.05) is 13.2 Å². The maximum atomic E-state index is 12.4. The lowest BCUT2D eigenvalue weighted by atomic mass is 10.0. The van der Waals surface area contributed by atoms with Gasteiger partial charge in [0.05, 0.1) is 5.52 Å². The summed E-state index contributed by atoms with van der Waals surface area (Å²) in [6.07, 6.45) is 1.85. The first-order chi connectivity index (χ1) is 9.95. The minimum atomic E-state index is -0.580. The van der Waals surface area contributed by atoms with Crippen molar-refractivity contribution in [1.82, 2.24) is 20.0 Å². The van der Waals surface area contributed by atoms with Crippen molar-refractivity contribution < 1.29 is 9.59 Å². The van der Waals surface area contributed by atoms with Crippen LogP contribution in [-0.4, -0.2) is 34.3 Å². The van der Waals surface area contributed by atoms with E-state index in [2.05, 4.69) is 15.6 Å². The molecule has 6 nitrogen and oxygen atoms in total. The van der Waals surface area contributed by atoms with E-state index in [9.17, 15) is 9.59 Å². The first kappa shape index (κ1) is 15.0. The molecule has 0 radical (unpaired) electrons. The third-order valence-corrected chi connectivity index (χ3v) is 3.42. The van der Waals surface area contributed by atoms with Gasteiger partial charge in [0.15, 0.2) is 5.69 Å². The van der Waals surface area contributed by atoms with Crippen LogP contribution in [0.1, 0.15) is 30.2 Å². The van der Waals surface area contributed by atoms with Gasteiger partial charge in [-0.05, 0) is 25.0 Å². The summed E-state index contributed by atoms with van der Waals surface area (Å²) in [5.74, 6) is 0.174. The second-order valence-electron chi connectivity index (χ2n) is 5.27. The number of aryl methyl sites for hydroxylation is 1. The summed E-state index contributed by atoms with van der Waals surface area (Å²) in [6.45, 7) is 5.61. The lowest BCUT2D eigenvalue weighted by Crippen LogP contribution is -2.48. The van der Waals surface area contributed by atoms with Crippen molar-refractivity contribution in [3.05, 3.63) is 35.9 Å². The van der Waals surface area contributed by atoms with Crippen LogP contribution in [0.25, 0.3) is 5.52 Å². The Morgan fingerprint density at radius 2 is 2.00 bits per heavy atom. The quantitative estimate of drug-likeness (QED) is 0.886. The topological polar surface area (TPSA) is 75.5 Å². The SMILES string of the molecule is CNC(=O)[C@@H](NC(=O)c1nc(C)n2ccccc12)C(C)C. The van der Waals surface area contributed by atoms with Gasteiger partial charge in [-0.3, -0.25) is 9.59 Å². The summed E-state index contributed by atoms with van der Waals surface area (Å²) in [7, 11) is 1.56. The molecule has 112 valence electrons. The Bertz CT molecular complexity index is 675. The Morgan fingerprint density at radius 1 is 1.29 bits per heavy atom. The summed E-state index contributed by atoms with van der Waals surface area (Å²) in [5, 5.41) is 5.33. The Hall–Kier alpha value is -2.37. The molecule has 6 heteroatoms. The molecule has 2 N–H and O–H groups in total. The number of pyridine rings is 1. The van der Waals surface area contributed by atoms with Crippen molar-refractivity contribution in [2.75, 3.05) is 7.05 Å². The zero-order valence-electron chi connectivity index (χ0n) is 12.7. The molecule has 2 rings (SSSR count). The smallest absolute Gasteiger partial charge is 0.272 e. The fourth-order valence-corrected chi connectivity index (χ4v) is 2.26. The molecule has 0 bridgehead atoms. The van der Waals surface area contributed by atoms with Crippen LogP contribution in [0.5, 0.6) is 0 Å². The zero-order chi connectivity index (χ0) is 15.6. The van der Waals surface area contributed by atoms with Gasteiger partial charge in [0.1, 0.15) is 11.9 Å². The van der Waals surface area contributed by atoms with Crippen LogP contribution in [0, 0.1) is 12.8 Å². The number of imidazole rings is 1. The minimum Gasteiger partial charge on any atom is -0.357 e. The normalized spacial score (nSPS) is 12.4. The predicted octanol–water partition coefficient (Wildman–Crippen LogP) is 1.14. The summed E-state index contributed by atoms with van der Waals surface area (Å²) in [4.78, 5) is 28.6. The van der Waals surface area contributed by atoms with Gasteiger partial charge in [-0.2, -0.15) is 0 Å². The van der Waals surface area contributed by atoms with Crippen LogP contribution in [0.2, 0.25) is 0 Å². The van der Waals surface area contributed by atoms with E-state index in [0.717, 1.165) is 11.3 Å². The third kappa shape index (κ3) is 2.89. The summed E-state index contributed by atoms with van der Waals surface area (Å²) >= 11 is 0. The minimum absolute atomic E-state index is 0.0103. The number of hydrogen-bond acceptors (Lipinski definition) is 3. The molecular formula is C15H20N4O2. The number of rotatable bonds is 4. The number of carbonyl (C=O) groups excluding carboxylic acids is 2. The molecular weight excluding hydrogens is 268 g/mol. The maximum Gasteiger partial charge on any atom is 0.272 e. The molecule has 21 heavy (non-hydrogen) atoms. The lowest BCUT2D eigenvalue weighted by molar-refractivity contribution is -0.123. The average molecular weight is 288 g/mol. The van der Waals surface area contributed by atoms with Crippen LogP contribution in [0.15, 0.2) is 24.4 Å². The molecule has 0 aliphatic rings. The van der Waals surface area contributed by atoms with Crippen LogP contribution in [0.4, 0.5) is 0 Å².